The molecule has 1 aromatic rings. The summed E-state index contributed by atoms with van der Waals surface area (Å²) in [6, 6.07) is 3.79. The molecule has 19 heavy (non-hydrogen) atoms. The average molecular weight is 303 g/mol. The van der Waals surface area contributed by atoms with E-state index in [0.717, 1.165) is 12.8 Å². The summed E-state index contributed by atoms with van der Waals surface area (Å²) in [6.07, 6.45) is 2.18. The normalized spacial score (nSPS) is 15.9. The number of amides is 1. The minimum atomic E-state index is -0.586. The fourth-order valence-corrected chi connectivity index (χ4v) is 2.29. The van der Waals surface area contributed by atoms with Crippen molar-refractivity contribution in [1.29, 1.82) is 0 Å². The van der Waals surface area contributed by atoms with Crippen molar-refractivity contribution in [2.75, 3.05) is 6.54 Å². The van der Waals surface area contributed by atoms with Crippen molar-refractivity contribution < 1.29 is 9.72 Å². The number of rotatable bonds is 5. The first-order valence-electron chi connectivity index (χ1n) is 5.84. The summed E-state index contributed by atoms with van der Waals surface area (Å²) in [5.74, 6) is 0.0626. The largest absolute Gasteiger partial charge is 0.351 e. The number of hydrogen-bond acceptors (Lipinski definition) is 3. The zero-order valence-electron chi connectivity index (χ0n) is 9.94. The van der Waals surface area contributed by atoms with E-state index in [4.69, 9.17) is 23.2 Å². The molecular weight excluding hydrogens is 291 g/mol. The minimum Gasteiger partial charge on any atom is -0.351 e. The van der Waals surface area contributed by atoms with Crippen molar-refractivity contribution in [3.8, 4) is 0 Å². The van der Waals surface area contributed by atoms with Crippen LogP contribution in [-0.2, 0) is 0 Å². The highest BCUT2D eigenvalue weighted by Gasteiger charge is 2.29. The van der Waals surface area contributed by atoms with Gasteiger partial charge in [-0.05, 0) is 24.8 Å². The first-order chi connectivity index (χ1) is 8.97. The van der Waals surface area contributed by atoms with E-state index in [2.05, 4.69) is 5.32 Å². The molecule has 5 nitrogen and oxygen atoms in total. The fourth-order valence-electron chi connectivity index (χ4n) is 1.73. The standard InChI is InChI=1S/C12H12Cl2N2O3/c13-9-3-8(4-10(5-9)16(18)19)12(17)15-6-11(14)7-1-2-7/h3-5,7,11H,1-2,6H2,(H,15,17). The molecule has 2 rings (SSSR count). The zero-order chi connectivity index (χ0) is 14.0. The molecule has 0 bridgehead atoms. The van der Waals surface area contributed by atoms with Gasteiger partial charge in [0.25, 0.3) is 11.6 Å². The van der Waals surface area contributed by atoms with Crippen LogP contribution in [0.3, 0.4) is 0 Å². The van der Waals surface area contributed by atoms with E-state index in [9.17, 15) is 14.9 Å². The van der Waals surface area contributed by atoms with Gasteiger partial charge in [0.05, 0.1) is 10.3 Å². The molecule has 0 aliphatic heterocycles. The monoisotopic (exact) mass is 302 g/mol. The van der Waals surface area contributed by atoms with Crippen LogP contribution in [-0.4, -0.2) is 22.8 Å². The van der Waals surface area contributed by atoms with E-state index in [1.54, 1.807) is 0 Å². The molecular formula is C12H12Cl2N2O3. The highest BCUT2D eigenvalue weighted by molar-refractivity contribution is 6.31. The van der Waals surface area contributed by atoms with Crippen molar-refractivity contribution >= 4 is 34.8 Å². The molecule has 0 saturated heterocycles. The van der Waals surface area contributed by atoms with Gasteiger partial charge in [0.2, 0.25) is 0 Å². The number of carbonyl (C=O) groups is 1. The summed E-state index contributed by atoms with van der Waals surface area (Å²) >= 11 is 11.8. The van der Waals surface area contributed by atoms with Gasteiger partial charge in [-0.25, -0.2) is 0 Å². The molecule has 1 atom stereocenters. The maximum Gasteiger partial charge on any atom is 0.271 e. The SMILES string of the molecule is O=C(NCC(Cl)C1CC1)c1cc(Cl)cc([N+](=O)[O-])c1. The van der Waals surface area contributed by atoms with Crippen LogP contribution in [0.15, 0.2) is 18.2 Å². The molecule has 1 aliphatic rings. The lowest BCUT2D eigenvalue weighted by atomic mass is 10.2. The van der Waals surface area contributed by atoms with Gasteiger partial charge in [-0.15, -0.1) is 11.6 Å². The Morgan fingerprint density at radius 3 is 2.74 bits per heavy atom. The van der Waals surface area contributed by atoms with E-state index in [1.807, 2.05) is 0 Å². The average Bonchev–Trinajstić information content (AvgIpc) is 3.18. The van der Waals surface area contributed by atoms with Crippen molar-refractivity contribution in [3.63, 3.8) is 0 Å². The van der Waals surface area contributed by atoms with Crippen LogP contribution in [0.25, 0.3) is 0 Å². The molecule has 1 aromatic carbocycles. The molecule has 7 heteroatoms. The van der Waals surface area contributed by atoms with Gasteiger partial charge >= 0.3 is 0 Å². The van der Waals surface area contributed by atoms with Gasteiger partial charge in [0.1, 0.15) is 0 Å². The molecule has 1 aliphatic carbocycles. The number of nitro groups is 1. The molecule has 0 spiro atoms. The third-order valence-electron chi connectivity index (χ3n) is 2.95. The molecule has 0 heterocycles. The molecule has 1 fully saturated rings. The predicted octanol–water partition coefficient (Wildman–Crippen LogP) is 3.00. The summed E-state index contributed by atoms with van der Waals surface area (Å²) in [4.78, 5) is 22.0. The lowest BCUT2D eigenvalue weighted by Gasteiger charge is -2.09. The second kappa shape index (κ2) is 5.75. The van der Waals surface area contributed by atoms with E-state index >= 15 is 0 Å². The highest BCUT2D eigenvalue weighted by Crippen LogP contribution is 2.35. The van der Waals surface area contributed by atoms with E-state index in [-0.39, 0.29) is 21.7 Å². The van der Waals surface area contributed by atoms with Crippen molar-refractivity contribution in [1.82, 2.24) is 5.32 Å². The second-order valence-electron chi connectivity index (χ2n) is 4.52. The first-order valence-corrected chi connectivity index (χ1v) is 6.66. The van der Waals surface area contributed by atoms with E-state index in [0.29, 0.717) is 12.5 Å². The number of hydrogen-bond donors (Lipinski definition) is 1. The van der Waals surface area contributed by atoms with Gasteiger partial charge in [-0.2, -0.15) is 0 Å². The van der Waals surface area contributed by atoms with E-state index < -0.39 is 10.8 Å². The number of carbonyl (C=O) groups excluding carboxylic acids is 1. The Labute approximate surface area is 120 Å². The molecule has 0 aromatic heterocycles. The summed E-state index contributed by atoms with van der Waals surface area (Å²) in [5.41, 5.74) is -0.0406. The number of halogens is 2. The summed E-state index contributed by atoms with van der Waals surface area (Å²) in [6.45, 7) is 0.353. The Kier molecular flexibility index (Phi) is 4.27. The Morgan fingerprint density at radius 1 is 1.47 bits per heavy atom. The Hall–Kier alpha value is -1.33. The third-order valence-corrected chi connectivity index (χ3v) is 3.68. The van der Waals surface area contributed by atoms with Gasteiger partial charge in [-0.3, -0.25) is 14.9 Å². The highest BCUT2D eigenvalue weighted by atomic mass is 35.5. The number of nitrogens with one attached hydrogen (secondary N) is 1. The Bertz CT molecular complexity index is 518. The van der Waals surface area contributed by atoms with Crippen LogP contribution in [0.1, 0.15) is 23.2 Å². The molecule has 1 N–H and O–H groups in total. The van der Waals surface area contributed by atoms with Gasteiger partial charge in [-0.1, -0.05) is 11.6 Å². The van der Waals surface area contributed by atoms with Gasteiger partial charge < -0.3 is 5.32 Å². The molecule has 1 saturated carbocycles. The van der Waals surface area contributed by atoms with Crippen LogP contribution in [0.5, 0.6) is 0 Å². The molecule has 0 radical (unpaired) electrons. The summed E-state index contributed by atoms with van der Waals surface area (Å²) < 4.78 is 0. The van der Waals surface area contributed by atoms with Gasteiger partial charge in [0, 0.05) is 29.3 Å². The molecule has 1 unspecified atom stereocenters. The molecule has 1 amide bonds. The number of benzene rings is 1. The second-order valence-corrected chi connectivity index (χ2v) is 5.52. The van der Waals surface area contributed by atoms with Crippen LogP contribution in [0.4, 0.5) is 5.69 Å². The third kappa shape index (κ3) is 3.81. The van der Waals surface area contributed by atoms with Crippen LogP contribution < -0.4 is 5.32 Å². The summed E-state index contributed by atoms with van der Waals surface area (Å²) in [5, 5.41) is 13.4. The van der Waals surface area contributed by atoms with Crippen LogP contribution in [0, 0.1) is 16.0 Å². The predicted molar refractivity (Wildman–Crippen MR) is 72.8 cm³/mol. The maximum absolute atomic E-state index is 11.9. The van der Waals surface area contributed by atoms with E-state index in [1.165, 1.54) is 18.2 Å². The Morgan fingerprint density at radius 2 is 2.16 bits per heavy atom. The topological polar surface area (TPSA) is 72.2 Å². The maximum atomic E-state index is 11.9. The summed E-state index contributed by atoms with van der Waals surface area (Å²) in [7, 11) is 0. The van der Waals surface area contributed by atoms with Crippen molar-refractivity contribution in [3.05, 3.63) is 38.9 Å². The fraction of sp³-hybridized carbons (Fsp3) is 0.417. The van der Waals surface area contributed by atoms with Gasteiger partial charge in [0.15, 0.2) is 0 Å². The van der Waals surface area contributed by atoms with Crippen LogP contribution >= 0.6 is 23.2 Å². The van der Waals surface area contributed by atoms with Crippen molar-refractivity contribution in [2.24, 2.45) is 5.92 Å². The number of nitro benzene ring substituents is 1. The smallest absolute Gasteiger partial charge is 0.271 e. The minimum absolute atomic E-state index is 0.0851. The lowest BCUT2D eigenvalue weighted by molar-refractivity contribution is -0.384. The van der Waals surface area contributed by atoms with Crippen molar-refractivity contribution in [2.45, 2.75) is 18.2 Å². The first kappa shape index (κ1) is 14.1. The van der Waals surface area contributed by atoms with Crippen LogP contribution in [0.2, 0.25) is 5.02 Å². The lowest BCUT2D eigenvalue weighted by Crippen LogP contribution is -2.30. The Balaban J connectivity index is 2.03. The molecule has 102 valence electrons. The zero-order valence-corrected chi connectivity index (χ0v) is 11.4. The number of alkyl halides is 1. The quantitative estimate of drug-likeness (QED) is 0.516. The number of non-ortho nitro benzene ring substituents is 1. The number of nitrogens with zero attached hydrogens (tertiary/aromatic N) is 1.